The molecule has 0 saturated carbocycles. The summed E-state index contributed by atoms with van der Waals surface area (Å²) in [5, 5.41) is 0. The van der Waals surface area contributed by atoms with Crippen LogP contribution in [-0.4, -0.2) is 75.2 Å². The van der Waals surface area contributed by atoms with Crippen LogP contribution < -0.4 is 0 Å². The standard InChI is InChI=1S/C25H26O10/c1-25(24(28)30-3)31-14-17-18(35-25)19(33-21(26)15-10-6-4-7-11-15)20(23(29-2)32-17)34-22(27)16-12-8-5-9-13-16/h4-13,17-20,23H,14H2,1-3H3/t17-,18-,19+,20-,23+,25?/m1/s1. The Hall–Kier alpha value is -3.31. The number of esters is 3. The van der Waals surface area contributed by atoms with Gasteiger partial charge in [0.15, 0.2) is 18.5 Å². The zero-order chi connectivity index (χ0) is 25.0. The molecule has 2 fully saturated rings. The van der Waals surface area contributed by atoms with Crippen molar-refractivity contribution in [2.45, 2.75) is 43.4 Å². The Morgan fingerprint density at radius 1 is 0.857 bits per heavy atom. The van der Waals surface area contributed by atoms with Gasteiger partial charge >= 0.3 is 17.9 Å². The van der Waals surface area contributed by atoms with Gasteiger partial charge in [0.1, 0.15) is 12.2 Å². The number of fused-ring (bicyclic) bond motifs is 1. The number of hydrogen-bond donors (Lipinski definition) is 0. The summed E-state index contributed by atoms with van der Waals surface area (Å²) >= 11 is 0. The van der Waals surface area contributed by atoms with Crippen LogP contribution >= 0.6 is 0 Å². The number of carbonyl (C=O) groups is 3. The lowest BCUT2D eigenvalue weighted by atomic mass is 9.96. The first-order valence-corrected chi connectivity index (χ1v) is 11.0. The zero-order valence-electron chi connectivity index (χ0n) is 19.4. The second-order valence-corrected chi connectivity index (χ2v) is 8.08. The summed E-state index contributed by atoms with van der Waals surface area (Å²) in [6, 6.07) is 16.6. The zero-order valence-corrected chi connectivity index (χ0v) is 19.4. The highest BCUT2D eigenvalue weighted by molar-refractivity contribution is 5.90. The van der Waals surface area contributed by atoms with E-state index in [1.807, 2.05) is 0 Å². The van der Waals surface area contributed by atoms with E-state index in [0.717, 1.165) is 0 Å². The lowest BCUT2D eigenvalue weighted by Crippen LogP contribution is -2.68. The molecule has 186 valence electrons. The van der Waals surface area contributed by atoms with Crippen molar-refractivity contribution in [3.8, 4) is 0 Å². The van der Waals surface area contributed by atoms with Crippen molar-refractivity contribution in [2.75, 3.05) is 20.8 Å². The third-order valence-corrected chi connectivity index (χ3v) is 5.77. The molecule has 0 N–H and O–H groups in total. The maximum atomic E-state index is 13.0. The van der Waals surface area contributed by atoms with Crippen molar-refractivity contribution in [1.29, 1.82) is 0 Å². The minimum absolute atomic E-state index is 0.0884. The number of carbonyl (C=O) groups excluding carboxylic acids is 3. The minimum Gasteiger partial charge on any atom is -0.465 e. The van der Waals surface area contributed by atoms with Crippen LogP contribution in [0.25, 0.3) is 0 Å². The van der Waals surface area contributed by atoms with Gasteiger partial charge in [-0.2, -0.15) is 0 Å². The monoisotopic (exact) mass is 486 g/mol. The van der Waals surface area contributed by atoms with Crippen LogP contribution in [0.4, 0.5) is 0 Å². The Bertz CT molecular complexity index is 1040. The predicted octanol–water partition coefficient (Wildman–Crippen LogP) is 2.11. The molecule has 2 saturated heterocycles. The molecule has 2 aromatic rings. The molecule has 0 radical (unpaired) electrons. The summed E-state index contributed by atoms with van der Waals surface area (Å²) in [5.74, 6) is -3.93. The number of methoxy groups -OCH3 is 2. The molecule has 10 nitrogen and oxygen atoms in total. The molecule has 0 aromatic heterocycles. The highest BCUT2D eigenvalue weighted by Gasteiger charge is 2.58. The van der Waals surface area contributed by atoms with Crippen LogP contribution in [0.2, 0.25) is 0 Å². The third kappa shape index (κ3) is 5.20. The molecule has 2 heterocycles. The van der Waals surface area contributed by atoms with Crippen LogP contribution in [-0.2, 0) is 38.0 Å². The third-order valence-electron chi connectivity index (χ3n) is 5.77. The quantitative estimate of drug-likeness (QED) is 0.444. The number of rotatable bonds is 6. The van der Waals surface area contributed by atoms with Crippen LogP contribution in [0.1, 0.15) is 27.6 Å². The highest BCUT2D eigenvalue weighted by atomic mass is 16.8. The molecule has 2 aliphatic rings. The van der Waals surface area contributed by atoms with E-state index in [1.165, 1.54) is 21.1 Å². The summed E-state index contributed by atoms with van der Waals surface area (Å²) < 4.78 is 39.2. The van der Waals surface area contributed by atoms with E-state index >= 15 is 0 Å². The van der Waals surface area contributed by atoms with E-state index in [-0.39, 0.29) is 17.7 Å². The van der Waals surface area contributed by atoms with Crippen molar-refractivity contribution >= 4 is 17.9 Å². The molecule has 10 heteroatoms. The molecule has 0 amide bonds. The van der Waals surface area contributed by atoms with E-state index in [4.69, 9.17) is 33.2 Å². The van der Waals surface area contributed by atoms with Gasteiger partial charge in [-0.1, -0.05) is 36.4 Å². The summed E-state index contributed by atoms with van der Waals surface area (Å²) in [4.78, 5) is 38.3. The Morgan fingerprint density at radius 2 is 1.40 bits per heavy atom. The van der Waals surface area contributed by atoms with Gasteiger partial charge in [-0.3, -0.25) is 0 Å². The van der Waals surface area contributed by atoms with Crippen molar-refractivity contribution in [1.82, 2.24) is 0 Å². The Labute approximate surface area is 202 Å². The number of ether oxygens (including phenoxy) is 7. The Morgan fingerprint density at radius 3 is 1.91 bits per heavy atom. The predicted molar refractivity (Wildman–Crippen MR) is 118 cm³/mol. The molecule has 2 aliphatic heterocycles. The van der Waals surface area contributed by atoms with E-state index in [2.05, 4.69) is 0 Å². The number of hydrogen-bond acceptors (Lipinski definition) is 10. The molecule has 4 rings (SSSR count). The molecule has 0 bridgehead atoms. The van der Waals surface area contributed by atoms with E-state index in [0.29, 0.717) is 0 Å². The second kappa shape index (κ2) is 10.5. The topological polar surface area (TPSA) is 116 Å². The largest absolute Gasteiger partial charge is 0.465 e. The maximum Gasteiger partial charge on any atom is 0.366 e. The van der Waals surface area contributed by atoms with Gasteiger partial charge in [0.05, 0.1) is 24.8 Å². The fraction of sp³-hybridized carbons (Fsp3) is 0.400. The van der Waals surface area contributed by atoms with Gasteiger partial charge in [0, 0.05) is 14.0 Å². The van der Waals surface area contributed by atoms with Crippen LogP contribution in [0.3, 0.4) is 0 Å². The molecular formula is C25H26O10. The average Bonchev–Trinajstić information content (AvgIpc) is 2.90. The second-order valence-electron chi connectivity index (χ2n) is 8.08. The SMILES string of the molecule is COC(=O)C1(C)OC[C@H]2O[C@H](OC)[C@H](OC(=O)c3ccccc3)[C@@H](OC(=O)c3ccccc3)[C@@H]2O1. The molecular weight excluding hydrogens is 460 g/mol. The lowest BCUT2D eigenvalue weighted by molar-refractivity contribution is -0.375. The molecule has 0 spiro atoms. The van der Waals surface area contributed by atoms with E-state index < -0.39 is 54.4 Å². The van der Waals surface area contributed by atoms with Crippen molar-refractivity contribution in [2.24, 2.45) is 0 Å². The van der Waals surface area contributed by atoms with Gasteiger partial charge in [-0.05, 0) is 24.3 Å². The van der Waals surface area contributed by atoms with Gasteiger partial charge in [0.2, 0.25) is 0 Å². The first-order valence-electron chi connectivity index (χ1n) is 11.0. The fourth-order valence-electron chi connectivity index (χ4n) is 3.96. The molecule has 6 atom stereocenters. The van der Waals surface area contributed by atoms with Crippen molar-refractivity contribution in [3.63, 3.8) is 0 Å². The van der Waals surface area contributed by atoms with E-state index in [9.17, 15) is 14.4 Å². The summed E-state index contributed by atoms with van der Waals surface area (Å²) in [6.45, 7) is 1.30. The van der Waals surface area contributed by atoms with E-state index in [1.54, 1.807) is 60.7 Å². The van der Waals surface area contributed by atoms with Gasteiger partial charge in [0.25, 0.3) is 5.79 Å². The minimum atomic E-state index is -1.79. The van der Waals surface area contributed by atoms with Crippen molar-refractivity contribution < 1.29 is 47.5 Å². The van der Waals surface area contributed by atoms with Gasteiger partial charge in [-0.15, -0.1) is 0 Å². The lowest BCUT2D eigenvalue weighted by Gasteiger charge is -2.49. The summed E-state index contributed by atoms with van der Waals surface area (Å²) in [6.07, 6.45) is -5.36. The first-order chi connectivity index (χ1) is 16.9. The Balaban J connectivity index is 1.67. The molecule has 2 aromatic carbocycles. The molecule has 35 heavy (non-hydrogen) atoms. The molecule has 0 aliphatic carbocycles. The highest BCUT2D eigenvalue weighted by Crippen LogP contribution is 2.36. The normalized spacial score (nSPS) is 30.0. The average molecular weight is 486 g/mol. The van der Waals surface area contributed by atoms with Crippen LogP contribution in [0, 0.1) is 0 Å². The summed E-state index contributed by atoms with van der Waals surface area (Å²) in [7, 11) is 2.57. The van der Waals surface area contributed by atoms with Crippen molar-refractivity contribution in [3.05, 3.63) is 71.8 Å². The van der Waals surface area contributed by atoms with Crippen LogP contribution in [0.5, 0.6) is 0 Å². The summed E-state index contributed by atoms with van der Waals surface area (Å²) in [5.41, 5.74) is 0.561. The smallest absolute Gasteiger partial charge is 0.366 e. The first kappa shape index (κ1) is 24.8. The Kier molecular flexibility index (Phi) is 7.46. The van der Waals surface area contributed by atoms with Crippen LogP contribution in [0.15, 0.2) is 60.7 Å². The molecule has 1 unspecified atom stereocenters. The van der Waals surface area contributed by atoms with Gasteiger partial charge in [-0.25, -0.2) is 14.4 Å². The fourth-order valence-corrected chi connectivity index (χ4v) is 3.96. The van der Waals surface area contributed by atoms with Gasteiger partial charge < -0.3 is 33.2 Å². The maximum absolute atomic E-state index is 13.0. The number of benzene rings is 2.